The van der Waals surface area contributed by atoms with E-state index >= 15 is 0 Å². The first-order chi connectivity index (χ1) is 9.70. The zero-order valence-corrected chi connectivity index (χ0v) is 10.6. The first-order valence-electron chi connectivity index (χ1n) is 5.86. The number of para-hydroxylation sites is 2. The van der Waals surface area contributed by atoms with Crippen LogP contribution >= 0.6 is 0 Å². The summed E-state index contributed by atoms with van der Waals surface area (Å²) in [4.78, 5) is 13.6. The van der Waals surface area contributed by atoms with Crippen LogP contribution in [-0.2, 0) is 0 Å². The number of fused-ring (bicyclic) bond motifs is 2. The van der Waals surface area contributed by atoms with Crippen molar-refractivity contribution in [2.24, 2.45) is 21.9 Å². The molecule has 3 rings (SSSR count). The lowest BCUT2D eigenvalue weighted by molar-refractivity contribution is 1.19. The minimum Gasteiger partial charge on any atom is -0.368 e. The number of guanidine groups is 1. The zero-order valence-electron chi connectivity index (χ0n) is 10.6. The summed E-state index contributed by atoms with van der Waals surface area (Å²) in [6.07, 6.45) is 0. The molecule has 0 aliphatic heterocycles. The first kappa shape index (κ1) is 13.4. The van der Waals surface area contributed by atoms with Crippen molar-refractivity contribution >= 4 is 27.8 Å². The fourth-order valence-electron chi connectivity index (χ4n) is 1.77. The highest BCUT2D eigenvalue weighted by Crippen LogP contribution is 2.18. The highest BCUT2D eigenvalue weighted by Gasteiger charge is 1.96. The number of benzene rings is 2. The molecule has 2 aromatic carbocycles. The van der Waals surface area contributed by atoms with Crippen molar-refractivity contribution in [3.8, 4) is 0 Å². The van der Waals surface area contributed by atoms with E-state index in [9.17, 15) is 0 Å². The number of hydrogen-bond acceptors (Lipinski definition) is 3. The summed E-state index contributed by atoms with van der Waals surface area (Å²) in [5, 5.41) is 7.09. The highest BCUT2D eigenvalue weighted by atomic mass is 16.3. The normalized spacial score (nSPS) is 9.60. The van der Waals surface area contributed by atoms with Crippen molar-refractivity contribution in [1.82, 2.24) is 4.98 Å². The maximum absolute atomic E-state index is 9.02. The molecule has 0 aliphatic carbocycles. The van der Waals surface area contributed by atoms with E-state index in [1.165, 1.54) is 10.8 Å². The Balaban J connectivity index is 0.000000212. The van der Waals surface area contributed by atoms with Crippen LogP contribution in [0.1, 0.15) is 0 Å². The number of nitrogens with zero attached hydrogens (tertiary/aromatic N) is 3. The van der Waals surface area contributed by atoms with Gasteiger partial charge in [0.15, 0.2) is 0 Å². The van der Waals surface area contributed by atoms with Crippen molar-refractivity contribution in [2.45, 2.75) is 0 Å². The molecular weight excluding hydrogens is 254 g/mol. The van der Waals surface area contributed by atoms with Gasteiger partial charge in [0.1, 0.15) is 0 Å². The van der Waals surface area contributed by atoms with E-state index in [1.54, 1.807) is 0 Å². The van der Waals surface area contributed by atoms with Crippen molar-refractivity contribution in [1.29, 1.82) is 0 Å². The molecule has 0 amide bonds. The first-order valence-corrected chi connectivity index (χ1v) is 5.86. The van der Waals surface area contributed by atoms with E-state index in [2.05, 4.69) is 39.8 Å². The molecular formula is C14H13N5O. The molecule has 0 atom stereocenters. The monoisotopic (exact) mass is 267 g/mol. The van der Waals surface area contributed by atoms with Gasteiger partial charge in [-0.2, -0.15) is 0 Å². The fraction of sp³-hybridized carbons (Fsp3) is 0. The molecule has 0 radical (unpaired) electrons. The summed E-state index contributed by atoms with van der Waals surface area (Å²) in [6, 6.07) is 18.6. The molecule has 100 valence electrons. The molecule has 0 bridgehead atoms. The smallest absolute Gasteiger partial charge is 0.214 e. The molecule has 20 heavy (non-hydrogen) atoms. The number of nitrogens with two attached hydrogens (primary N) is 2. The summed E-state index contributed by atoms with van der Waals surface area (Å²) >= 11 is 0. The van der Waals surface area contributed by atoms with E-state index in [0.717, 1.165) is 11.0 Å². The van der Waals surface area contributed by atoms with Crippen LogP contribution < -0.4 is 11.5 Å². The van der Waals surface area contributed by atoms with Crippen molar-refractivity contribution in [3.05, 3.63) is 59.5 Å². The Kier molecular flexibility index (Phi) is 4.18. The van der Waals surface area contributed by atoms with Crippen molar-refractivity contribution in [3.63, 3.8) is 0 Å². The van der Waals surface area contributed by atoms with Crippen LogP contribution in [0.4, 0.5) is 0 Å². The van der Waals surface area contributed by atoms with Gasteiger partial charge in [-0.25, -0.2) is 4.98 Å². The molecule has 0 saturated carbocycles. The van der Waals surface area contributed by atoms with Crippen LogP contribution in [0.25, 0.3) is 21.8 Å². The number of rotatable bonds is 1. The molecule has 4 N–H and O–H groups in total. The molecule has 1 heterocycles. The molecule has 0 fully saturated rings. The molecule has 6 heteroatoms. The Hall–Kier alpha value is -3.02. The topological polar surface area (TPSA) is 107 Å². The summed E-state index contributed by atoms with van der Waals surface area (Å²) in [5.74, 6) is -0.315. The van der Waals surface area contributed by atoms with Crippen molar-refractivity contribution < 1.29 is 0 Å². The Morgan fingerprint density at radius 1 is 0.900 bits per heavy atom. The lowest BCUT2D eigenvalue weighted by atomic mass is 10.1. The van der Waals surface area contributed by atoms with Gasteiger partial charge >= 0.3 is 0 Å². The summed E-state index contributed by atoms with van der Waals surface area (Å²) in [5.41, 5.74) is 11.4. The van der Waals surface area contributed by atoms with E-state index < -0.39 is 0 Å². The molecule has 0 spiro atoms. The Labute approximate surface area is 115 Å². The van der Waals surface area contributed by atoms with Crippen molar-refractivity contribution in [2.75, 3.05) is 0 Å². The molecule has 0 unspecified atom stereocenters. The lowest BCUT2D eigenvalue weighted by Crippen LogP contribution is -2.21. The maximum Gasteiger partial charge on any atom is 0.214 e. The van der Waals surface area contributed by atoms with Gasteiger partial charge in [-0.1, -0.05) is 41.5 Å². The lowest BCUT2D eigenvalue weighted by Gasteiger charge is -1.99. The standard InChI is InChI=1S/C13H9N.CH4N4O/c1-3-7-12-10(5-1)9-11-6-2-4-8-13(11)14-12;2-1(3)4-5-6/h1-9H;(H4,2,3,4,6). The van der Waals surface area contributed by atoms with Gasteiger partial charge in [0, 0.05) is 10.8 Å². The van der Waals surface area contributed by atoms with Crippen LogP contribution in [0.15, 0.2) is 65.0 Å². The average Bonchev–Trinajstić information content (AvgIpc) is 2.45. The maximum atomic E-state index is 9.02. The Bertz CT molecular complexity index is 660. The second-order valence-corrected chi connectivity index (χ2v) is 3.98. The molecule has 0 saturated heterocycles. The van der Waals surface area contributed by atoms with Gasteiger partial charge in [-0.05, 0) is 18.2 Å². The fourth-order valence-corrected chi connectivity index (χ4v) is 1.77. The largest absolute Gasteiger partial charge is 0.368 e. The summed E-state index contributed by atoms with van der Waals surface area (Å²) in [6.45, 7) is 0. The second-order valence-electron chi connectivity index (χ2n) is 3.98. The third kappa shape index (κ3) is 3.26. The predicted molar refractivity (Wildman–Crippen MR) is 80.9 cm³/mol. The van der Waals surface area contributed by atoms with E-state index in [-0.39, 0.29) is 5.96 Å². The molecule has 1 aromatic heterocycles. The number of nitroso groups, excluding NO2 is 1. The minimum absolute atomic E-state index is 0.315. The number of aromatic nitrogens is 1. The van der Waals surface area contributed by atoms with Gasteiger partial charge in [0.2, 0.25) is 5.96 Å². The summed E-state index contributed by atoms with van der Waals surface area (Å²) in [7, 11) is 0. The van der Waals surface area contributed by atoms with Crippen LogP contribution in [0.2, 0.25) is 0 Å². The predicted octanol–water partition coefficient (Wildman–Crippen LogP) is 2.33. The minimum atomic E-state index is -0.315. The highest BCUT2D eigenvalue weighted by molar-refractivity contribution is 5.92. The van der Waals surface area contributed by atoms with Crippen LogP contribution in [0, 0.1) is 4.91 Å². The molecule has 3 aromatic rings. The van der Waals surface area contributed by atoms with Gasteiger partial charge in [0.25, 0.3) is 0 Å². The van der Waals surface area contributed by atoms with E-state index in [4.69, 9.17) is 4.91 Å². The molecule has 6 nitrogen and oxygen atoms in total. The van der Waals surface area contributed by atoms with Crippen LogP contribution in [-0.4, -0.2) is 10.9 Å². The number of hydrogen-bond donors (Lipinski definition) is 2. The Morgan fingerprint density at radius 3 is 1.80 bits per heavy atom. The zero-order chi connectivity index (χ0) is 14.4. The van der Waals surface area contributed by atoms with Gasteiger partial charge in [0.05, 0.1) is 16.3 Å². The van der Waals surface area contributed by atoms with Crippen LogP contribution in [0.3, 0.4) is 0 Å². The van der Waals surface area contributed by atoms with E-state index in [1.807, 2.05) is 41.7 Å². The van der Waals surface area contributed by atoms with Gasteiger partial charge < -0.3 is 11.5 Å². The Morgan fingerprint density at radius 2 is 1.40 bits per heavy atom. The third-order valence-electron chi connectivity index (χ3n) is 2.58. The second kappa shape index (κ2) is 6.24. The van der Waals surface area contributed by atoms with E-state index in [0.29, 0.717) is 0 Å². The van der Waals surface area contributed by atoms with Gasteiger partial charge in [-0.15, -0.1) is 4.91 Å². The third-order valence-corrected chi connectivity index (χ3v) is 2.58. The van der Waals surface area contributed by atoms with Gasteiger partial charge in [-0.3, -0.25) is 0 Å². The number of pyridine rings is 1. The molecule has 0 aliphatic rings. The average molecular weight is 267 g/mol. The summed E-state index contributed by atoms with van der Waals surface area (Å²) < 4.78 is 0. The van der Waals surface area contributed by atoms with Crippen LogP contribution in [0.5, 0.6) is 0 Å². The SMILES string of the molecule is NC(N)=NN=O.c1ccc2nc3ccccc3cc2c1. The quantitative estimate of drug-likeness (QED) is 0.232.